The molecular weight excluding hydrogens is 472 g/mol. The van der Waals surface area contributed by atoms with Crippen molar-refractivity contribution in [3.8, 4) is 5.75 Å². The maximum atomic E-state index is 12.5. The number of urea groups is 1. The Morgan fingerprint density at radius 1 is 1.06 bits per heavy atom. The Morgan fingerprint density at radius 3 is 2.42 bits per heavy atom. The number of amides is 3. The quantitative estimate of drug-likeness (QED) is 0.480. The van der Waals surface area contributed by atoms with Gasteiger partial charge in [-0.15, -0.1) is 0 Å². The third-order valence-electron chi connectivity index (χ3n) is 5.51. The summed E-state index contributed by atoms with van der Waals surface area (Å²) < 4.78 is 32.2. The van der Waals surface area contributed by atoms with Crippen molar-refractivity contribution in [3.63, 3.8) is 0 Å². The Bertz CT molecular complexity index is 1080. The molecular formula is C23H28ClN3O5S. The fourth-order valence-electron chi connectivity index (χ4n) is 3.75. The average molecular weight is 500 g/mol. The van der Waals surface area contributed by atoms with Crippen molar-refractivity contribution in [2.45, 2.75) is 49.5 Å². The minimum Gasteiger partial charge on any atom is -0.496 e. The summed E-state index contributed by atoms with van der Waals surface area (Å²) in [7, 11) is -2.49. The summed E-state index contributed by atoms with van der Waals surface area (Å²) in [5, 5.41) is 5.96. The van der Waals surface area contributed by atoms with Crippen molar-refractivity contribution in [1.82, 2.24) is 15.4 Å². The number of carbonyl (C=O) groups excluding carboxylic acids is 2. The van der Waals surface area contributed by atoms with Crippen LogP contribution in [0.3, 0.4) is 0 Å². The molecule has 0 atom stereocenters. The van der Waals surface area contributed by atoms with Crippen molar-refractivity contribution < 1.29 is 22.7 Å². The lowest BCUT2D eigenvalue weighted by atomic mass is 10.1. The molecule has 1 saturated carbocycles. The summed E-state index contributed by atoms with van der Waals surface area (Å²) in [5.74, 6) is 0.105. The Hall–Kier alpha value is -2.78. The van der Waals surface area contributed by atoms with E-state index in [9.17, 15) is 18.0 Å². The second kappa shape index (κ2) is 11.4. The van der Waals surface area contributed by atoms with E-state index in [0.717, 1.165) is 37.7 Å². The lowest BCUT2D eigenvalue weighted by Crippen LogP contribution is -2.45. The summed E-state index contributed by atoms with van der Waals surface area (Å²) in [6, 6.07) is 10.3. The summed E-state index contributed by atoms with van der Waals surface area (Å²) in [4.78, 5) is 24.5. The van der Waals surface area contributed by atoms with Gasteiger partial charge in [0.25, 0.3) is 15.9 Å². The molecule has 0 heterocycles. The number of nitrogens with one attached hydrogen (secondary N) is 3. The largest absolute Gasteiger partial charge is 0.496 e. The number of carbonyl (C=O) groups is 2. The van der Waals surface area contributed by atoms with Crippen LogP contribution >= 0.6 is 11.6 Å². The molecule has 1 aliphatic rings. The molecule has 3 N–H and O–H groups in total. The van der Waals surface area contributed by atoms with Crippen LogP contribution in [0.25, 0.3) is 0 Å². The lowest BCUT2D eigenvalue weighted by Gasteiger charge is -2.22. The third kappa shape index (κ3) is 7.10. The van der Waals surface area contributed by atoms with E-state index >= 15 is 0 Å². The highest BCUT2D eigenvalue weighted by atomic mass is 35.5. The van der Waals surface area contributed by atoms with E-state index in [1.807, 2.05) is 0 Å². The zero-order chi connectivity index (χ0) is 23.8. The van der Waals surface area contributed by atoms with Crippen LogP contribution in [0.15, 0.2) is 47.4 Å². The second-order valence-corrected chi connectivity index (χ2v) is 10.0. The van der Waals surface area contributed by atoms with Crippen LogP contribution in [0, 0.1) is 0 Å². The summed E-state index contributed by atoms with van der Waals surface area (Å²) >= 11 is 5.96. The van der Waals surface area contributed by atoms with Gasteiger partial charge in [-0.25, -0.2) is 17.9 Å². The predicted octanol–water partition coefficient (Wildman–Crippen LogP) is 3.64. The van der Waals surface area contributed by atoms with Gasteiger partial charge >= 0.3 is 6.03 Å². The topological polar surface area (TPSA) is 114 Å². The first-order chi connectivity index (χ1) is 15.8. The highest BCUT2D eigenvalue weighted by molar-refractivity contribution is 7.90. The predicted molar refractivity (Wildman–Crippen MR) is 126 cm³/mol. The van der Waals surface area contributed by atoms with Crippen LogP contribution in [0.5, 0.6) is 5.75 Å². The van der Waals surface area contributed by atoms with Gasteiger partial charge < -0.3 is 15.4 Å². The monoisotopic (exact) mass is 499 g/mol. The normalized spacial score (nSPS) is 14.4. The van der Waals surface area contributed by atoms with Crippen LogP contribution in [0.1, 0.15) is 48.0 Å². The molecule has 0 aromatic heterocycles. The van der Waals surface area contributed by atoms with Crippen LogP contribution in [-0.4, -0.2) is 40.1 Å². The molecule has 3 amide bonds. The molecule has 0 aliphatic heterocycles. The molecule has 8 nitrogen and oxygen atoms in total. The molecule has 0 unspecified atom stereocenters. The molecule has 0 radical (unpaired) electrons. The van der Waals surface area contributed by atoms with Crippen LogP contribution in [0.4, 0.5) is 4.79 Å². The molecule has 0 saturated heterocycles. The number of hydrogen-bond donors (Lipinski definition) is 3. The first-order valence-electron chi connectivity index (χ1n) is 10.8. The summed E-state index contributed by atoms with van der Waals surface area (Å²) in [5.41, 5.74) is 1.17. The highest BCUT2D eigenvalue weighted by Crippen LogP contribution is 2.22. The van der Waals surface area contributed by atoms with E-state index in [0.29, 0.717) is 29.3 Å². The Kier molecular flexibility index (Phi) is 8.57. The molecule has 1 aliphatic carbocycles. The SMILES string of the molecule is COc1ccc(Cl)cc1C(=O)NCCc1ccc(S(=O)(=O)NC(=O)N[13CH]2[13CH2][13CH2][13CH2][13CH2][13CH2]2)cc1. The molecule has 0 bridgehead atoms. The number of ether oxygens (including phenoxy) is 1. The maximum Gasteiger partial charge on any atom is 0.328 e. The van der Waals surface area contributed by atoms with Gasteiger partial charge in [0.15, 0.2) is 0 Å². The van der Waals surface area contributed by atoms with Gasteiger partial charge in [0, 0.05) is 17.6 Å². The van der Waals surface area contributed by atoms with E-state index in [1.165, 1.54) is 25.3 Å². The fourth-order valence-corrected chi connectivity index (χ4v) is 4.84. The number of sulfonamides is 1. The number of rotatable bonds is 8. The number of benzene rings is 2. The van der Waals surface area contributed by atoms with E-state index in [4.69, 9.17) is 16.3 Å². The van der Waals surface area contributed by atoms with Crippen molar-refractivity contribution in [2.24, 2.45) is 0 Å². The number of hydrogen-bond acceptors (Lipinski definition) is 5. The van der Waals surface area contributed by atoms with Gasteiger partial charge in [0.2, 0.25) is 0 Å². The fraction of sp³-hybridized carbons (Fsp3) is 0.391. The molecule has 2 aromatic carbocycles. The van der Waals surface area contributed by atoms with Gasteiger partial charge in [-0.05, 0) is 55.2 Å². The number of halogens is 1. The van der Waals surface area contributed by atoms with Gasteiger partial charge in [-0.1, -0.05) is 43.0 Å². The zero-order valence-corrected chi connectivity index (χ0v) is 20.0. The summed E-state index contributed by atoms with van der Waals surface area (Å²) in [6.45, 7) is 0.336. The first-order valence-corrected chi connectivity index (χ1v) is 12.7. The van der Waals surface area contributed by atoms with Crippen LogP contribution in [0.2, 0.25) is 5.02 Å². The molecule has 178 valence electrons. The first kappa shape index (κ1) is 24.9. The van der Waals surface area contributed by atoms with Gasteiger partial charge in [0.1, 0.15) is 5.75 Å². The van der Waals surface area contributed by atoms with E-state index in [-0.39, 0.29) is 16.8 Å². The molecule has 10 heteroatoms. The Morgan fingerprint density at radius 2 is 1.76 bits per heavy atom. The smallest absolute Gasteiger partial charge is 0.328 e. The van der Waals surface area contributed by atoms with Crippen molar-refractivity contribution in [3.05, 3.63) is 58.6 Å². The Balaban J connectivity index is 1.51. The molecule has 3 rings (SSSR count). The lowest BCUT2D eigenvalue weighted by molar-refractivity contribution is 0.0951. The van der Waals surface area contributed by atoms with Crippen LogP contribution in [-0.2, 0) is 16.4 Å². The molecule has 33 heavy (non-hydrogen) atoms. The van der Waals surface area contributed by atoms with E-state index < -0.39 is 16.1 Å². The second-order valence-electron chi connectivity index (χ2n) is 7.91. The van der Waals surface area contributed by atoms with E-state index in [2.05, 4.69) is 15.4 Å². The summed E-state index contributed by atoms with van der Waals surface area (Å²) in [6.07, 6.45) is 5.43. The maximum absolute atomic E-state index is 12.5. The zero-order valence-electron chi connectivity index (χ0n) is 18.4. The highest BCUT2D eigenvalue weighted by Gasteiger charge is 2.21. The molecule has 1 fully saturated rings. The minimum atomic E-state index is -3.97. The average Bonchev–Trinajstić information content (AvgIpc) is 2.79. The van der Waals surface area contributed by atoms with Crippen LogP contribution < -0.4 is 20.1 Å². The Labute approximate surface area is 199 Å². The third-order valence-corrected chi connectivity index (χ3v) is 7.09. The van der Waals surface area contributed by atoms with Crippen molar-refractivity contribution >= 4 is 33.6 Å². The minimum absolute atomic E-state index is 0.00209. The standard InChI is InChI=1S/C23H28ClN3O5S/c1-32-21-12-9-17(24)15-20(21)22(28)25-14-13-16-7-10-19(11-8-16)33(30,31)27-23(29)26-18-5-3-2-4-6-18/h7-12,15,18H,2-6,13-14H2,1H3,(H,25,28)(H2,26,27,29)/i2+1,3+1,4+1,5+1,6+1,18+1. The van der Waals surface area contributed by atoms with Gasteiger partial charge in [0.05, 0.1) is 17.6 Å². The molecule has 2 aromatic rings. The van der Waals surface area contributed by atoms with Crippen molar-refractivity contribution in [1.29, 1.82) is 0 Å². The molecule has 0 spiro atoms. The number of methoxy groups -OCH3 is 1. The van der Waals surface area contributed by atoms with Gasteiger partial charge in [-0.2, -0.15) is 0 Å². The van der Waals surface area contributed by atoms with E-state index in [1.54, 1.807) is 24.3 Å². The van der Waals surface area contributed by atoms with Crippen molar-refractivity contribution in [2.75, 3.05) is 13.7 Å². The van der Waals surface area contributed by atoms with Gasteiger partial charge in [-0.3, -0.25) is 4.79 Å².